The fourth-order valence-electron chi connectivity index (χ4n) is 3.41. The molecule has 1 aromatic rings. The molecule has 2 heterocycles. The van der Waals surface area contributed by atoms with Crippen molar-refractivity contribution in [3.63, 3.8) is 0 Å². The van der Waals surface area contributed by atoms with Gasteiger partial charge in [-0.05, 0) is 36.2 Å². The molecular formula is C18H22N4O2S2. The molecule has 1 aliphatic carbocycles. The number of nitrogens with two attached hydrogens (primary N) is 1. The van der Waals surface area contributed by atoms with Crippen molar-refractivity contribution in [2.75, 3.05) is 5.32 Å². The van der Waals surface area contributed by atoms with Crippen LogP contribution in [0.1, 0.15) is 49.6 Å². The SMILES string of the molecule is CC(C)(C)[C@H]1CCc2c(sc(NC(=O)C[C@H]3SC(N)=NC3=O)c2C#N)C1. The van der Waals surface area contributed by atoms with Crippen molar-refractivity contribution in [1.82, 2.24) is 0 Å². The largest absolute Gasteiger partial charge is 0.378 e. The van der Waals surface area contributed by atoms with Gasteiger partial charge in [-0.15, -0.1) is 11.3 Å². The van der Waals surface area contributed by atoms with Gasteiger partial charge < -0.3 is 11.1 Å². The number of thioether (sulfide) groups is 1. The monoisotopic (exact) mass is 390 g/mol. The number of nitrogens with zero attached hydrogens (tertiary/aromatic N) is 2. The molecule has 0 fully saturated rings. The maximum atomic E-state index is 12.4. The average molecular weight is 391 g/mol. The van der Waals surface area contributed by atoms with Gasteiger partial charge >= 0.3 is 0 Å². The highest BCUT2D eigenvalue weighted by Crippen LogP contribution is 2.44. The lowest BCUT2D eigenvalue weighted by molar-refractivity contribution is -0.121. The molecule has 3 N–H and O–H groups in total. The lowest BCUT2D eigenvalue weighted by atomic mass is 9.72. The third-order valence-electron chi connectivity index (χ3n) is 4.98. The zero-order valence-corrected chi connectivity index (χ0v) is 16.7. The van der Waals surface area contributed by atoms with E-state index in [1.165, 1.54) is 16.2 Å². The highest BCUT2D eigenvalue weighted by Gasteiger charge is 2.33. The van der Waals surface area contributed by atoms with Crippen molar-refractivity contribution in [1.29, 1.82) is 5.26 Å². The second-order valence-corrected chi connectivity index (χ2v) is 10.1. The van der Waals surface area contributed by atoms with Crippen molar-refractivity contribution in [3.05, 3.63) is 16.0 Å². The van der Waals surface area contributed by atoms with Crippen molar-refractivity contribution < 1.29 is 9.59 Å². The molecule has 0 radical (unpaired) electrons. The number of carbonyl (C=O) groups is 2. The summed E-state index contributed by atoms with van der Waals surface area (Å²) in [7, 11) is 0. The van der Waals surface area contributed by atoms with Gasteiger partial charge in [0.15, 0.2) is 5.17 Å². The van der Waals surface area contributed by atoms with E-state index in [2.05, 4.69) is 37.1 Å². The molecule has 2 atom stereocenters. The van der Waals surface area contributed by atoms with Crippen LogP contribution in [0.25, 0.3) is 0 Å². The Bertz CT molecular complexity index is 829. The van der Waals surface area contributed by atoms with E-state index in [1.54, 1.807) is 0 Å². The molecule has 26 heavy (non-hydrogen) atoms. The Morgan fingerprint density at radius 2 is 2.19 bits per heavy atom. The summed E-state index contributed by atoms with van der Waals surface area (Å²) in [5, 5.41) is 12.6. The lowest BCUT2D eigenvalue weighted by Crippen LogP contribution is -2.26. The normalized spacial score (nSPS) is 22.5. The smallest absolute Gasteiger partial charge is 0.262 e. The van der Waals surface area contributed by atoms with Crippen LogP contribution < -0.4 is 11.1 Å². The molecule has 6 nitrogen and oxygen atoms in total. The van der Waals surface area contributed by atoms with E-state index in [0.717, 1.165) is 36.6 Å². The molecule has 138 valence electrons. The second-order valence-electron chi connectivity index (χ2n) is 7.77. The fraction of sp³-hybridized carbons (Fsp3) is 0.556. The topological polar surface area (TPSA) is 108 Å². The first kappa shape index (κ1) is 18.9. The molecule has 3 rings (SSSR count). The molecule has 0 unspecified atom stereocenters. The van der Waals surface area contributed by atoms with E-state index in [9.17, 15) is 14.9 Å². The van der Waals surface area contributed by atoms with E-state index in [-0.39, 0.29) is 28.8 Å². The first-order chi connectivity index (χ1) is 12.2. The van der Waals surface area contributed by atoms with Crippen molar-refractivity contribution in [3.8, 4) is 6.07 Å². The summed E-state index contributed by atoms with van der Waals surface area (Å²) in [6.45, 7) is 6.73. The van der Waals surface area contributed by atoms with Gasteiger partial charge in [-0.25, -0.2) is 0 Å². The van der Waals surface area contributed by atoms with Crippen LogP contribution in [-0.4, -0.2) is 22.2 Å². The van der Waals surface area contributed by atoms with Crippen LogP contribution in [0.15, 0.2) is 4.99 Å². The van der Waals surface area contributed by atoms with Gasteiger partial charge in [-0.2, -0.15) is 10.3 Å². The van der Waals surface area contributed by atoms with E-state index in [4.69, 9.17) is 5.73 Å². The summed E-state index contributed by atoms with van der Waals surface area (Å²) in [5.41, 5.74) is 7.40. The summed E-state index contributed by atoms with van der Waals surface area (Å²) in [6.07, 6.45) is 2.87. The van der Waals surface area contributed by atoms with Gasteiger partial charge in [0.2, 0.25) is 5.91 Å². The van der Waals surface area contributed by atoms with E-state index < -0.39 is 5.25 Å². The zero-order valence-electron chi connectivity index (χ0n) is 15.1. The number of rotatable bonds is 3. The summed E-state index contributed by atoms with van der Waals surface area (Å²) < 4.78 is 0. The van der Waals surface area contributed by atoms with E-state index in [1.807, 2.05) is 0 Å². The van der Waals surface area contributed by atoms with Crippen LogP contribution in [0.5, 0.6) is 0 Å². The van der Waals surface area contributed by atoms with E-state index >= 15 is 0 Å². The average Bonchev–Trinajstić information content (AvgIpc) is 3.04. The van der Waals surface area contributed by atoms with Gasteiger partial charge in [0.05, 0.1) is 5.56 Å². The molecular weight excluding hydrogens is 368 g/mol. The number of nitriles is 1. The number of aliphatic imine (C=N–C) groups is 1. The third kappa shape index (κ3) is 3.79. The minimum absolute atomic E-state index is 0.00571. The predicted molar refractivity (Wildman–Crippen MR) is 105 cm³/mol. The number of hydrogen-bond donors (Lipinski definition) is 2. The van der Waals surface area contributed by atoms with Crippen LogP contribution in [0.4, 0.5) is 5.00 Å². The number of anilines is 1. The van der Waals surface area contributed by atoms with Crippen molar-refractivity contribution in [2.45, 2.75) is 51.7 Å². The van der Waals surface area contributed by atoms with Gasteiger partial charge in [0, 0.05) is 11.3 Å². The Morgan fingerprint density at radius 3 is 2.77 bits per heavy atom. The Labute approximate surface area is 161 Å². The number of nitrogens with one attached hydrogen (secondary N) is 1. The Balaban J connectivity index is 1.73. The molecule has 0 spiro atoms. The van der Waals surface area contributed by atoms with Gasteiger partial charge in [-0.1, -0.05) is 32.5 Å². The standard InChI is InChI=1S/C18H22N4O2S2/c1-18(2,3)9-4-5-10-11(8-19)16(25-12(10)6-9)21-14(23)7-13-15(24)22-17(20)26-13/h9,13H,4-7H2,1-3H3,(H,21,23)(H2,20,22,24)/t9-,13+/m0/s1. The Morgan fingerprint density at radius 1 is 1.46 bits per heavy atom. The van der Waals surface area contributed by atoms with Crippen LogP contribution in [0, 0.1) is 22.7 Å². The van der Waals surface area contributed by atoms with Crippen LogP contribution in [0.3, 0.4) is 0 Å². The fourth-order valence-corrected chi connectivity index (χ4v) is 5.53. The highest BCUT2D eigenvalue weighted by atomic mass is 32.2. The molecule has 0 saturated heterocycles. The molecule has 0 bridgehead atoms. The van der Waals surface area contributed by atoms with E-state index in [0.29, 0.717) is 16.5 Å². The number of amides is 2. The molecule has 0 saturated carbocycles. The van der Waals surface area contributed by atoms with Gasteiger partial charge in [0.25, 0.3) is 5.91 Å². The molecule has 2 aliphatic rings. The quantitative estimate of drug-likeness (QED) is 0.824. The van der Waals surface area contributed by atoms with Crippen molar-refractivity contribution >= 4 is 45.1 Å². The second kappa shape index (κ2) is 7.05. The first-order valence-electron chi connectivity index (χ1n) is 8.58. The highest BCUT2D eigenvalue weighted by molar-refractivity contribution is 8.15. The van der Waals surface area contributed by atoms with Crippen LogP contribution >= 0.6 is 23.1 Å². The first-order valence-corrected chi connectivity index (χ1v) is 10.3. The molecule has 2 amide bonds. The minimum atomic E-state index is -0.569. The number of fused-ring (bicyclic) bond motifs is 1. The maximum Gasteiger partial charge on any atom is 0.262 e. The third-order valence-corrected chi connectivity index (χ3v) is 7.14. The number of thiophene rings is 1. The van der Waals surface area contributed by atoms with Crippen LogP contribution in [-0.2, 0) is 22.4 Å². The zero-order chi connectivity index (χ0) is 19.1. The minimum Gasteiger partial charge on any atom is -0.378 e. The van der Waals surface area contributed by atoms with Gasteiger partial charge in [-0.3, -0.25) is 9.59 Å². The van der Waals surface area contributed by atoms with Gasteiger partial charge in [0.1, 0.15) is 16.3 Å². The lowest BCUT2D eigenvalue weighted by Gasteiger charge is -2.33. The summed E-state index contributed by atoms with van der Waals surface area (Å²) in [6, 6.07) is 2.25. The number of amidine groups is 1. The molecule has 8 heteroatoms. The van der Waals surface area contributed by atoms with Crippen molar-refractivity contribution in [2.24, 2.45) is 22.1 Å². The Kier molecular flexibility index (Phi) is 5.13. The molecule has 0 aromatic carbocycles. The maximum absolute atomic E-state index is 12.4. The molecule has 1 aliphatic heterocycles. The number of carbonyl (C=O) groups excluding carboxylic acids is 2. The summed E-state index contributed by atoms with van der Waals surface area (Å²) in [5.74, 6) is -0.0961. The molecule has 1 aromatic heterocycles. The predicted octanol–water partition coefficient (Wildman–Crippen LogP) is 3.06. The summed E-state index contributed by atoms with van der Waals surface area (Å²) in [4.78, 5) is 28.9. The summed E-state index contributed by atoms with van der Waals surface area (Å²) >= 11 is 2.60. The number of hydrogen-bond acceptors (Lipinski definition) is 6. The Hall–Kier alpha value is -1.85. The van der Waals surface area contributed by atoms with Crippen LogP contribution in [0.2, 0.25) is 0 Å².